The maximum Gasteiger partial charge on any atom is -0.00196 e. The Morgan fingerprint density at radius 1 is 1.17 bits per heavy atom. The van der Waals surface area contributed by atoms with E-state index in [0.717, 1.165) is 12.8 Å². The van der Waals surface area contributed by atoms with Crippen LogP contribution in [0.1, 0.15) is 12.8 Å². The zero-order valence-electron chi connectivity index (χ0n) is 6.88. The molecule has 0 N–H and O–H groups in total. The molecule has 0 aliphatic heterocycles. The lowest BCUT2D eigenvalue weighted by atomic mass is 9.86. The molecule has 0 heterocycles. The van der Waals surface area contributed by atoms with Crippen LogP contribution in [0.15, 0.2) is 58.7 Å². The molecule has 0 fully saturated rings. The first-order valence-corrected chi connectivity index (χ1v) is 4.41. The van der Waals surface area contributed by atoms with Gasteiger partial charge in [0.25, 0.3) is 0 Å². The molecule has 12 heavy (non-hydrogen) atoms. The minimum absolute atomic E-state index is 1.13. The van der Waals surface area contributed by atoms with E-state index in [4.69, 9.17) is 0 Å². The number of allylic oxidation sites excluding steroid dienone is 10. The van der Waals surface area contributed by atoms with Crippen molar-refractivity contribution in [3.05, 3.63) is 58.7 Å². The number of fused-ring (bicyclic) bond motifs is 3. The predicted octanol–water partition coefficient (Wildman–Crippen LogP) is 3.07. The molecule has 0 atom stereocenters. The van der Waals surface area contributed by atoms with Gasteiger partial charge in [0.05, 0.1) is 0 Å². The van der Waals surface area contributed by atoms with Crippen LogP contribution in [-0.4, -0.2) is 0 Å². The Kier molecular flexibility index (Phi) is 1.09. The summed E-state index contributed by atoms with van der Waals surface area (Å²) in [5.74, 6) is 0. The quantitative estimate of drug-likeness (QED) is 0.503. The van der Waals surface area contributed by atoms with Gasteiger partial charge in [-0.3, -0.25) is 0 Å². The molecule has 58 valence electrons. The van der Waals surface area contributed by atoms with Gasteiger partial charge < -0.3 is 0 Å². The molecule has 0 aromatic heterocycles. The molecule has 0 heteroatoms. The molecule has 0 unspecified atom stereocenters. The molecule has 2 bridgehead atoms. The van der Waals surface area contributed by atoms with Crippen LogP contribution < -0.4 is 0 Å². The molecular weight excluding hydrogens is 144 g/mol. The van der Waals surface area contributed by atoms with E-state index in [9.17, 15) is 0 Å². The maximum atomic E-state index is 2.34. The van der Waals surface area contributed by atoms with Gasteiger partial charge in [-0.25, -0.2) is 0 Å². The molecule has 0 saturated heterocycles. The van der Waals surface area contributed by atoms with Gasteiger partial charge in [0, 0.05) is 0 Å². The summed E-state index contributed by atoms with van der Waals surface area (Å²) in [4.78, 5) is 0. The molecule has 3 rings (SSSR count). The molecule has 0 radical (unpaired) electrons. The molecule has 0 aromatic rings. The first-order valence-electron chi connectivity index (χ1n) is 4.41. The van der Waals surface area contributed by atoms with Crippen LogP contribution in [0.5, 0.6) is 0 Å². The Hall–Kier alpha value is -1.30. The SMILES string of the molecule is C1=CC2=CC3=C(C=CC3)C(=C1)C2. The van der Waals surface area contributed by atoms with E-state index in [1.165, 1.54) is 22.3 Å². The average molecular weight is 154 g/mol. The lowest BCUT2D eigenvalue weighted by Crippen LogP contribution is -2.00. The summed E-state index contributed by atoms with van der Waals surface area (Å²) < 4.78 is 0. The van der Waals surface area contributed by atoms with E-state index in [1.807, 2.05) is 0 Å². The van der Waals surface area contributed by atoms with Crippen LogP contribution in [0.3, 0.4) is 0 Å². The first-order chi connectivity index (χ1) is 5.93. The van der Waals surface area contributed by atoms with E-state index in [0.29, 0.717) is 0 Å². The van der Waals surface area contributed by atoms with E-state index in [-0.39, 0.29) is 0 Å². The van der Waals surface area contributed by atoms with Crippen molar-refractivity contribution >= 4 is 0 Å². The molecule has 0 saturated carbocycles. The first kappa shape index (κ1) is 6.24. The molecule has 0 amide bonds. The maximum absolute atomic E-state index is 2.34. The number of hydrogen-bond acceptors (Lipinski definition) is 0. The van der Waals surface area contributed by atoms with Gasteiger partial charge in [0.2, 0.25) is 0 Å². The molecule has 0 nitrogen and oxygen atoms in total. The van der Waals surface area contributed by atoms with Gasteiger partial charge >= 0.3 is 0 Å². The van der Waals surface area contributed by atoms with Crippen LogP contribution in [0, 0.1) is 0 Å². The Bertz CT molecular complexity index is 384. The topological polar surface area (TPSA) is 0 Å². The zero-order chi connectivity index (χ0) is 7.97. The predicted molar refractivity (Wildman–Crippen MR) is 50.7 cm³/mol. The second-order valence-corrected chi connectivity index (χ2v) is 3.49. The third kappa shape index (κ3) is 0.724. The van der Waals surface area contributed by atoms with Gasteiger partial charge in [0.1, 0.15) is 0 Å². The minimum atomic E-state index is 1.13. The lowest BCUT2D eigenvalue weighted by Gasteiger charge is -2.18. The summed E-state index contributed by atoms with van der Waals surface area (Å²) in [7, 11) is 0. The third-order valence-electron chi connectivity index (χ3n) is 2.68. The smallest absolute Gasteiger partial charge is 0.00196 e. The Morgan fingerprint density at radius 3 is 3.17 bits per heavy atom. The normalized spacial score (nSPS) is 24.0. The van der Waals surface area contributed by atoms with E-state index in [1.54, 1.807) is 0 Å². The van der Waals surface area contributed by atoms with E-state index in [2.05, 4.69) is 36.5 Å². The summed E-state index contributed by atoms with van der Waals surface area (Å²) in [6.45, 7) is 0. The highest BCUT2D eigenvalue weighted by Crippen LogP contribution is 2.37. The molecule has 0 aromatic carbocycles. The van der Waals surface area contributed by atoms with Crippen molar-refractivity contribution in [2.75, 3.05) is 0 Å². The summed E-state index contributed by atoms with van der Waals surface area (Å²) in [5, 5.41) is 0. The highest BCUT2D eigenvalue weighted by molar-refractivity contribution is 5.61. The molecular formula is C12H10. The summed E-state index contributed by atoms with van der Waals surface area (Å²) >= 11 is 0. The van der Waals surface area contributed by atoms with Crippen molar-refractivity contribution in [3.8, 4) is 0 Å². The van der Waals surface area contributed by atoms with Crippen molar-refractivity contribution in [1.82, 2.24) is 0 Å². The van der Waals surface area contributed by atoms with Crippen LogP contribution in [0.2, 0.25) is 0 Å². The van der Waals surface area contributed by atoms with Crippen molar-refractivity contribution in [2.45, 2.75) is 12.8 Å². The van der Waals surface area contributed by atoms with Gasteiger partial charge in [-0.1, -0.05) is 36.5 Å². The van der Waals surface area contributed by atoms with Gasteiger partial charge in [-0.05, 0) is 35.1 Å². The standard InChI is InChI=1S/C12H10/c1-3-9-7-10(4-1)12-6-2-5-11(12)8-9/h1-4,6,8H,5,7H2. The van der Waals surface area contributed by atoms with Gasteiger partial charge in [-0.15, -0.1) is 0 Å². The molecule has 0 spiro atoms. The summed E-state index contributed by atoms with van der Waals surface area (Å²) in [6.07, 6.45) is 15.7. The van der Waals surface area contributed by atoms with Crippen molar-refractivity contribution in [2.24, 2.45) is 0 Å². The fraction of sp³-hybridized carbons (Fsp3) is 0.167. The van der Waals surface area contributed by atoms with E-state index < -0.39 is 0 Å². The zero-order valence-corrected chi connectivity index (χ0v) is 6.88. The Balaban J connectivity index is 2.22. The highest BCUT2D eigenvalue weighted by Gasteiger charge is 2.18. The second kappa shape index (κ2) is 2.10. The number of rotatable bonds is 0. The van der Waals surface area contributed by atoms with Crippen LogP contribution >= 0.6 is 0 Å². The fourth-order valence-corrected chi connectivity index (χ4v) is 2.10. The van der Waals surface area contributed by atoms with Crippen molar-refractivity contribution in [1.29, 1.82) is 0 Å². The third-order valence-corrected chi connectivity index (χ3v) is 2.68. The molecule has 3 aliphatic rings. The van der Waals surface area contributed by atoms with E-state index >= 15 is 0 Å². The Labute approximate surface area is 72.3 Å². The fourth-order valence-electron chi connectivity index (χ4n) is 2.10. The summed E-state index contributed by atoms with van der Waals surface area (Å²) in [6, 6.07) is 0. The largest absolute Gasteiger partial charge is 0.0795 e. The Morgan fingerprint density at radius 2 is 2.17 bits per heavy atom. The minimum Gasteiger partial charge on any atom is -0.0795 e. The van der Waals surface area contributed by atoms with Crippen LogP contribution in [0.4, 0.5) is 0 Å². The second-order valence-electron chi connectivity index (χ2n) is 3.49. The van der Waals surface area contributed by atoms with Gasteiger partial charge in [0.15, 0.2) is 0 Å². The van der Waals surface area contributed by atoms with Crippen LogP contribution in [-0.2, 0) is 0 Å². The lowest BCUT2D eigenvalue weighted by molar-refractivity contribution is 1.10. The van der Waals surface area contributed by atoms with Gasteiger partial charge in [-0.2, -0.15) is 0 Å². The number of hydrogen-bond donors (Lipinski definition) is 0. The highest BCUT2D eigenvalue weighted by atomic mass is 14.2. The molecule has 3 aliphatic carbocycles. The van der Waals surface area contributed by atoms with Crippen molar-refractivity contribution < 1.29 is 0 Å². The van der Waals surface area contributed by atoms with Crippen LogP contribution in [0.25, 0.3) is 0 Å². The average Bonchev–Trinajstić information content (AvgIpc) is 2.53. The van der Waals surface area contributed by atoms with Crippen molar-refractivity contribution in [3.63, 3.8) is 0 Å². The monoisotopic (exact) mass is 154 g/mol. The summed E-state index contributed by atoms with van der Waals surface area (Å²) in [5.41, 5.74) is 5.95.